The van der Waals surface area contributed by atoms with E-state index in [2.05, 4.69) is 22.6 Å². The van der Waals surface area contributed by atoms with E-state index in [4.69, 9.17) is 0 Å². The molecule has 0 bridgehead atoms. The van der Waals surface area contributed by atoms with Gasteiger partial charge in [0.25, 0.3) is 0 Å². The Hall–Kier alpha value is -0.460. The number of hydrogen-bond acceptors (Lipinski definition) is 3. The van der Waals surface area contributed by atoms with Gasteiger partial charge in [0.2, 0.25) is 11.8 Å². The van der Waals surface area contributed by atoms with Crippen molar-refractivity contribution in [3.63, 3.8) is 0 Å². The third-order valence-electron chi connectivity index (χ3n) is 4.25. The highest BCUT2D eigenvalue weighted by Crippen LogP contribution is 2.38. The van der Waals surface area contributed by atoms with Crippen LogP contribution in [0.1, 0.15) is 59.8 Å². The number of ketones is 1. The molecule has 0 spiro atoms. The van der Waals surface area contributed by atoms with Crippen molar-refractivity contribution in [2.24, 2.45) is 0 Å². The summed E-state index contributed by atoms with van der Waals surface area (Å²) in [5.74, 6) is -0.431. The molecule has 0 aromatic heterocycles. The molecule has 4 nitrogen and oxygen atoms in total. The van der Waals surface area contributed by atoms with E-state index in [1.54, 1.807) is 6.92 Å². The summed E-state index contributed by atoms with van der Waals surface area (Å²) in [7, 11) is 0. The van der Waals surface area contributed by atoms with Crippen molar-refractivity contribution in [2.45, 2.75) is 68.8 Å². The minimum atomic E-state index is -1.00. The first-order chi connectivity index (χ1) is 8.76. The van der Waals surface area contributed by atoms with Gasteiger partial charge in [-0.25, -0.2) is 0 Å². The number of alkyl halides is 1. The first-order valence-corrected chi connectivity index (χ1v) is 7.94. The maximum Gasteiger partial charge on any atom is 0.230 e. The molecule has 1 atom stereocenters. The molecule has 1 saturated heterocycles. The average Bonchev–Trinajstić information content (AvgIpc) is 2.76. The summed E-state index contributed by atoms with van der Waals surface area (Å²) in [6.45, 7) is 7.53. The molecule has 108 valence electrons. The maximum atomic E-state index is 12.9. The van der Waals surface area contributed by atoms with Crippen molar-refractivity contribution in [2.75, 3.05) is 0 Å². The lowest BCUT2D eigenvalue weighted by atomic mass is 9.81. The smallest absolute Gasteiger partial charge is 0.230 e. The van der Waals surface area contributed by atoms with Crippen LogP contribution in [0, 0.1) is 0 Å². The van der Waals surface area contributed by atoms with Gasteiger partial charge in [-0.1, -0.05) is 43.4 Å². The second-order valence-electron chi connectivity index (χ2n) is 5.25. The van der Waals surface area contributed by atoms with Crippen LogP contribution in [0.4, 0.5) is 0 Å². The molecular formula is C14H22INO3. The number of carbonyl (C=O) groups is 3. The van der Waals surface area contributed by atoms with Crippen LogP contribution in [0.3, 0.4) is 0 Å². The Balaban J connectivity index is 3.20. The van der Waals surface area contributed by atoms with Gasteiger partial charge in [-0.2, -0.15) is 0 Å². The van der Waals surface area contributed by atoms with Crippen LogP contribution >= 0.6 is 22.6 Å². The first-order valence-electron chi connectivity index (χ1n) is 6.86. The van der Waals surface area contributed by atoms with Gasteiger partial charge in [-0.3, -0.25) is 19.3 Å². The van der Waals surface area contributed by atoms with Gasteiger partial charge in [0.15, 0.2) is 5.78 Å². The van der Waals surface area contributed by atoms with E-state index < -0.39 is 8.96 Å². The number of nitrogens with zero attached hydrogens (tertiary/aromatic N) is 1. The number of likely N-dealkylation sites (tertiary alicyclic amines) is 1. The Morgan fingerprint density at radius 2 is 1.53 bits per heavy atom. The number of amides is 2. The normalized spacial score (nSPS) is 19.7. The number of hydrogen-bond donors (Lipinski definition) is 0. The van der Waals surface area contributed by atoms with Crippen molar-refractivity contribution >= 4 is 40.2 Å². The van der Waals surface area contributed by atoms with Crippen LogP contribution in [0.5, 0.6) is 0 Å². The van der Waals surface area contributed by atoms with Gasteiger partial charge in [0.1, 0.15) is 5.54 Å². The van der Waals surface area contributed by atoms with Gasteiger partial charge in [0.05, 0.1) is 3.42 Å². The maximum absolute atomic E-state index is 12.9. The van der Waals surface area contributed by atoms with Crippen molar-refractivity contribution < 1.29 is 14.4 Å². The number of imide groups is 1. The van der Waals surface area contributed by atoms with Crippen molar-refractivity contribution in [3.8, 4) is 0 Å². The highest BCUT2D eigenvalue weighted by atomic mass is 127. The zero-order valence-corrected chi connectivity index (χ0v) is 14.2. The summed E-state index contributed by atoms with van der Waals surface area (Å²) < 4.78 is -0.508. The quantitative estimate of drug-likeness (QED) is 0.405. The SMILES string of the molecule is CCC(I)(CC)C(=O)C(C)(CC)N1C(=O)CCC1=O. The Morgan fingerprint density at radius 3 is 1.84 bits per heavy atom. The summed E-state index contributed by atoms with van der Waals surface area (Å²) in [6.07, 6.45) is 2.33. The van der Waals surface area contributed by atoms with E-state index in [9.17, 15) is 14.4 Å². The molecule has 1 fully saturated rings. The highest BCUT2D eigenvalue weighted by Gasteiger charge is 2.52. The highest BCUT2D eigenvalue weighted by molar-refractivity contribution is 14.1. The Bertz CT molecular complexity index is 387. The fourth-order valence-electron chi connectivity index (χ4n) is 2.60. The Morgan fingerprint density at radius 1 is 1.11 bits per heavy atom. The van der Waals surface area contributed by atoms with Gasteiger partial charge in [-0.15, -0.1) is 0 Å². The molecule has 0 aliphatic carbocycles. The largest absolute Gasteiger partial charge is 0.296 e. The van der Waals surface area contributed by atoms with Crippen LogP contribution in [0.2, 0.25) is 0 Å². The predicted molar refractivity (Wildman–Crippen MR) is 82.1 cm³/mol. The molecule has 0 N–H and O–H groups in total. The summed E-state index contributed by atoms with van der Waals surface area (Å²) in [6, 6.07) is 0. The molecule has 1 unspecified atom stereocenters. The molecule has 19 heavy (non-hydrogen) atoms. The van der Waals surface area contributed by atoms with Crippen molar-refractivity contribution in [3.05, 3.63) is 0 Å². The van der Waals surface area contributed by atoms with Crippen molar-refractivity contribution in [1.29, 1.82) is 0 Å². The predicted octanol–water partition coefficient (Wildman–Crippen LogP) is 2.87. The molecule has 0 radical (unpaired) electrons. The van der Waals surface area contributed by atoms with E-state index in [0.29, 0.717) is 19.3 Å². The van der Waals surface area contributed by atoms with E-state index >= 15 is 0 Å². The first kappa shape index (κ1) is 16.6. The molecular weight excluding hydrogens is 357 g/mol. The number of Topliss-reactive ketones (excluding diaryl/α,β-unsaturated/α-hetero) is 1. The fraction of sp³-hybridized carbons (Fsp3) is 0.786. The molecule has 1 heterocycles. The topological polar surface area (TPSA) is 54.5 Å². The fourth-order valence-corrected chi connectivity index (χ4v) is 3.18. The molecule has 5 heteroatoms. The van der Waals surface area contributed by atoms with E-state index in [1.807, 2.05) is 20.8 Å². The third kappa shape index (κ3) is 2.71. The van der Waals surface area contributed by atoms with Crippen LogP contribution in [0.15, 0.2) is 0 Å². The van der Waals surface area contributed by atoms with Crippen LogP contribution in [-0.4, -0.2) is 31.5 Å². The second kappa shape index (κ2) is 5.89. The summed E-state index contributed by atoms with van der Waals surface area (Å²) in [5.41, 5.74) is -1.00. The van der Waals surface area contributed by atoms with E-state index in [1.165, 1.54) is 4.90 Å². The Labute approximate surface area is 128 Å². The van der Waals surface area contributed by atoms with E-state index in [-0.39, 0.29) is 30.4 Å². The lowest BCUT2D eigenvalue weighted by molar-refractivity contribution is -0.152. The van der Waals surface area contributed by atoms with Crippen LogP contribution < -0.4 is 0 Å². The standard InChI is InChI=1S/C14H22INO3/c1-5-13(4,12(19)14(15,6-2)7-3)16-10(17)8-9-11(16)18/h5-9H2,1-4H3. The van der Waals surface area contributed by atoms with Crippen LogP contribution in [-0.2, 0) is 14.4 Å². The van der Waals surface area contributed by atoms with Gasteiger partial charge in [0, 0.05) is 12.8 Å². The summed E-state index contributed by atoms with van der Waals surface area (Å²) in [4.78, 5) is 38.0. The van der Waals surface area contributed by atoms with Gasteiger partial charge < -0.3 is 0 Å². The molecule has 2 amide bonds. The average molecular weight is 379 g/mol. The molecule has 1 aliphatic heterocycles. The minimum absolute atomic E-state index is 0.00306. The minimum Gasteiger partial charge on any atom is -0.296 e. The molecule has 0 aromatic rings. The second-order valence-corrected chi connectivity index (χ2v) is 7.32. The zero-order valence-electron chi connectivity index (χ0n) is 12.1. The lowest BCUT2D eigenvalue weighted by Crippen LogP contribution is -2.59. The molecule has 1 rings (SSSR count). The van der Waals surface area contributed by atoms with Crippen molar-refractivity contribution in [1.82, 2.24) is 4.90 Å². The zero-order chi connectivity index (χ0) is 14.8. The number of rotatable bonds is 6. The molecule has 1 aliphatic rings. The lowest BCUT2D eigenvalue weighted by Gasteiger charge is -2.40. The van der Waals surface area contributed by atoms with Gasteiger partial charge >= 0.3 is 0 Å². The Kier molecular flexibility index (Phi) is 5.15. The number of carbonyl (C=O) groups excluding carboxylic acids is 3. The van der Waals surface area contributed by atoms with Gasteiger partial charge in [-0.05, 0) is 26.2 Å². The molecule has 0 saturated carbocycles. The van der Waals surface area contributed by atoms with E-state index in [0.717, 1.165) is 0 Å². The third-order valence-corrected chi connectivity index (χ3v) is 6.27. The van der Waals surface area contributed by atoms with Crippen LogP contribution in [0.25, 0.3) is 0 Å². The molecule has 0 aromatic carbocycles. The summed E-state index contributed by atoms with van der Waals surface area (Å²) >= 11 is 2.18. The summed E-state index contributed by atoms with van der Waals surface area (Å²) in [5, 5.41) is 0. The number of halogens is 1. The monoisotopic (exact) mass is 379 g/mol.